The van der Waals surface area contributed by atoms with E-state index in [-0.39, 0.29) is 10.8 Å². The Morgan fingerprint density at radius 1 is 1.19 bits per heavy atom. The molecule has 0 spiro atoms. The first-order chi connectivity index (χ1) is 11.9. The summed E-state index contributed by atoms with van der Waals surface area (Å²) < 4.78 is 24.5. The van der Waals surface area contributed by atoms with Gasteiger partial charge in [0, 0.05) is 31.7 Å². The van der Waals surface area contributed by atoms with E-state index in [9.17, 15) is 18.0 Å². The number of rotatable bonds is 8. The summed E-state index contributed by atoms with van der Waals surface area (Å²) >= 11 is 0. The van der Waals surface area contributed by atoms with Crippen LogP contribution in [0.2, 0.25) is 0 Å². The first-order valence-electron chi connectivity index (χ1n) is 8.46. The number of carbonyl (C=O) groups excluding carboxylic acids is 2. The van der Waals surface area contributed by atoms with Crippen molar-refractivity contribution in [3.05, 3.63) is 29.8 Å². The summed E-state index contributed by atoms with van der Waals surface area (Å²) in [4.78, 5) is 25.3. The Hall–Kier alpha value is -1.93. The fourth-order valence-electron chi connectivity index (χ4n) is 2.62. The van der Waals surface area contributed by atoms with Crippen LogP contribution in [0.1, 0.15) is 37.6 Å². The molecule has 146 valence electrons. The topological polar surface area (TPSA) is 110 Å². The molecule has 26 heavy (non-hydrogen) atoms. The molecule has 0 heterocycles. The zero-order valence-electron chi connectivity index (χ0n) is 16.1. The number of carbonyl (C=O) groups is 2. The summed E-state index contributed by atoms with van der Waals surface area (Å²) in [5.41, 5.74) is 5.61. The number of amides is 2. The van der Waals surface area contributed by atoms with Crippen LogP contribution in [0, 0.1) is 5.92 Å². The van der Waals surface area contributed by atoms with Gasteiger partial charge in [-0.1, -0.05) is 13.8 Å². The maximum absolute atomic E-state index is 12.5. The first kappa shape index (κ1) is 22.1. The highest BCUT2D eigenvalue weighted by Crippen LogP contribution is 2.17. The zero-order valence-corrected chi connectivity index (χ0v) is 16.9. The average molecular weight is 384 g/mol. The van der Waals surface area contributed by atoms with E-state index in [2.05, 4.69) is 19.2 Å². The Morgan fingerprint density at radius 3 is 2.15 bits per heavy atom. The van der Waals surface area contributed by atoms with Crippen molar-refractivity contribution in [2.45, 2.75) is 37.6 Å². The third-order valence-electron chi connectivity index (χ3n) is 4.01. The molecule has 2 amide bonds. The van der Waals surface area contributed by atoms with Crippen LogP contribution in [0.25, 0.3) is 0 Å². The van der Waals surface area contributed by atoms with E-state index in [4.69, 9.17) is 5.73 Å². The van der Waals surface area contributed by atoms with E-state index < -0.39 is 27.0 Å². The predicted molar refractivity (Wildman–Crippen MR) is 102 cm³/mol. The number of sulfone groups is 1. The van der Waals surface area contributed by atoms with E-state index in [1.165, 1.54) is 43.3 Å². The number of hydrogen-bond donors (Lipinski definition) is 2. The van der Waals surface area contributed by atoms with Crippen LogP contribution < -0.4 is 11.1 Å². The molecule has 1 aromatic carbocycles. The third-order valence-corrected chi connectivity index (χ3v) is 5.63. The van der Waals surface area contributed by atoms with Gasteiger partial charge in [0.05, 0.1) is 4.90 Å². The zero-order chi connectivity index (χ0) is 20.1. The molecule has 7 nitrogen and oxygen atoms in total. The number of hydrogen-bond acceptors (Lipinski definition) is 5. The molecule has 0 saturated carbocycles. The van der Waals surface area contributed by atoms with E-state index in [1.807, 2.05) is 6.92 Å². The van der Waals surface area contributed by atoms with Gasteiger partial charge in [0.2, 0.25) is 5.91 Å². The number of nitrogens with zero attached hydrogens (tertiary/aromatic N) is 1. The summed E-state index contributed by atoms with van der Waals surface area (Å²) in [7, 11) is -0.752. The van der Waals surface area contributed by atoms with Gasteiger partial charge >= 0.3 is 0 Å². The second-order valence-electron chi connectivity index (χ2n) is 7.39. The van der Waals surface area contributed by atoms with Crippen molar-refractivity contribution >= 4 is 21.7 Å². The molecule has 0 aliphatic heterocycles. The van der Waals surface area contributed by atoms with Gasteiger partial charge in [-0.15, -0.1) is 0 Å². The van der Waals surface area contributed by atoms with Crippen molar-refractivity contribution in [3.63, 3.8) is 0 Å². The van der Waals surface area contributed by atoms with Crippen molar-refractivity contribution in [1.82, 2.24) is 10.2 Å². The summed E-state index contributed by atoms with van der Waals surface area (Å²) in [5, 5.41) is 2.92. The molecule has 0 fully saturated rings. The molecule has 0 saturated heterocycles. The Bertz CT molecular complexity index is 742. The second kappa shape index (κ2) is 8.64. The monoisotopic (exact) mass is 383 g/mol. The van der Waals surface area contributed by atoms with E-state index in [0.29, 0.717) is 18.0 Å². The van der Waals surface area contributed by atoms with Gasteiger partial charge in [-0.05, 0) is 43.5 Å². The lowest BCUT2D eigenvalue weighted by molar-refractivity contribution is -0.125. The van der Waals surface area contributed by atoms with Crippen molar-refractivity contribution in [2.75, 3.05) is 26.4 Å². The quantitative estimate of drug-likeness (QED) is 0.697. The molecule has 3 N–H and O–H groups in total. The fraction of sp³-hybridized carbons (Fsp3) is 0.556. The molecule has 1 aromatic rings. The van der Waals surface area contributed by atoms with Gasteiger partial charge < -0.3 is 16.0 Å². The molecule has 0 aliphatic carbocycles. The minimum atomic E-state index is -3.75. The maximum atomic E-state index is 12.5. The molecule has 0 radical (unpaired) electrons. The molecular formula is C18H29N3O4S. The Labute approximate surface area is 155 Å². The summed E-state index contributed by atoms with van der Waals surface area (Å²) in [6.45, 7) is 6.29. The van der Waals surface area contributed by atoms with Crippen LogP contribution in [-0.2, 0) is 14.6 Å². The Balaban J connectivity index is 2.93. The summed E-state index contributed by atoms with van der Waals surface area (Å²) in [5.74, 6) is -1.05. The SMILES string of the molecule is CC(C)CC(C)(CN)NC(=O)c1ccc(S(=O)(=O)CC(=O)N(C)C)cc1. The molecule has 1 unspecified atom stereocenters. The molecule has 1 atom stereocenters. The van der Waals surface area contributed by atoms with Gasteiger partial charge in [-0.25, -0.2) is 8.42 Å². The average Bonchev–Trinajstić information content (AvgIpc) is 2.53. The smallest absolute Gasteiger partial charge is 0.251 e. The highest BCUT2D eigenvalue weighted by atomic mass is 32.2. The van der Waals surface area contributed by atoms with Crippen molar-refractivity contribution in [1.29, 1.82) is 0 Å². The molecule has 1 rings (SSSR count). The number of nitrogens with two attached hydrogens (primary N) is 1. The number of nitrogens with one attached hydrogen (secondary N) is 1. The molecule has 8 heteroatoms. The second-order valence-corrected chi connectivity index (χ2v) is 9.38. The van der Waals surface area contributed by atoms with Crippen LogP contribution in [0.5, 0.6) is 0 Å². The van der Waals surface area contributed by atoms with Crippen LogP contribution >= 0.6 is 0 Å². The minimum Gasteiger partial charge on any atom is -0.348 e. The lowest BCUT2D eigenvalue weighted by atomic mass is 9.90. The van der Waals surface area contributed by atoms with Gasteiger partial charge in [0.15, 0.2) is 9.84 Å². The summed E-state index contributed by atoms with van der Waals surface area (Å²) in [6.07, 6.45) is 0.731. The Kier molecular flexibility index (Phi) is 7.35. The van der Waals surface area contributed by atoms with Gasteiger partial charge in [0.25, 0.3) is 5.91 Å². The lowest BCUT2D eigenvalue weighted by Crippen LogP contribution is -2.52. The normalized spacial score (nSPS) is 14.0. The van der Waals surface area contributed by atoms with Gasteiger partial charge in [-0.3, -0.25) is 9.59 Å². The highest BCUT2D eigenvalue weighted by Gasteiger charge is 2.27. The minimum absolute atomic E-state index is 0.00742. The van der Waals surface area contributed by atoms with Crippen molar-refractivity contribution in [3.8, 4) is 0 Å². The molecular weight excluding hydrogens is 354 g/mol. The number of benzene rings is 1. The van der Waals surface area contributed by atoms with Crippen molar-refractivity contribution < 1.29 is 18.0 Å². The maximum Gasteiger partial charge on any atom is 0.251 e. The van der Waals surface area contributed by atoms with Gasteiger partial charge in [-0.2, -0.15) is 0 Å². The summed E-state index contributed by atoms with van der Waals surface area (Å²) in [6, 6.07) is 5.56. The largest absolute Gasteiger partial charge is 0.348 e. The van der Waals surface area contributed by atoms with Crippen LogP contribution in [0.15, 0.2) is 29.2 Å². The standard InChI is InChI=1S/C18H29N3O4S/c1-13(2)10-18(3,12-19)20-17(23)14-6-8-15(9-7-14)26(24,25)11-16(22)21(4)5/h6-9,13H,10-12,19H2,1-5H3,(H,20,23). The van der Waals surface area contributed by atoms with E-state index >= 15 is 0 Å². The molecule has 0 aliphatic rings. The first-order valence-corrected chi connectivity index (χ1v) is 10.1. The highest BCUT2D eigenvalue weighted by molar-refractivity contribution is 7.92. The lowest BCUT2D eigenvalue weighted by Gasteiger charge is -2.31. The predicted octanol–water partition coefficient (Wildman–Crippen LogP) is 1.04. The van der Waals surface area contributed by atoms with Crippen LogP contribution in [0.4, 0.5) is 0 Å². The van der Waals surface area contributed by atoms with E-state index in [1.54, 1.807) is 0 Å². The molecule has 0 bridgehead atoms. The van der Waals surface area contributed by atoms with Gasteiger partial charge in [0.1, 0.15) is 5.75 Å². The van der Waals surface area contributed by atoms with Crippen molar-refractivity contribution in [2.24, 2.45) is 11.7 Å². The van der Waals surface area contributed by atoms with Crippen LogP contribution in [-0.4, -0.2) is 57.1 Å². The molecule has 0 aromatic heterocycles. The third kappa shape index (κ3) is 6.10. The van der Waals surface area contributed by atoms with Crippen LogP contribution in [0.3, 0.4) is 0 Å². The fourth-order valence-corrected chi connectivity index (χ4v) is 3.92. The van der Waals surface area contributed by atoms with E-state index in [0.717, 1.165) is 6.42 Å². The Morgan fingerprint density at radius 2 is 1.73 bits per heavy atom.